The van der Waals surface area contributed by atoms with E-state index < -0.39 is 19.2 Å². The molecule has 2 heterocycles. The van der Waals surface area contributed by atoms with Crippen molar-refractivity contribution < 1.29 is 8.78 Å². The summed E-state index contributed by atoms with van der Waals surface area (Å²) in [5.74, 6) is -1.22. The van der Waals surface area contributed by atoms with Crippen LogP contribution < -0.4 is 0 Å². The van der Waals surface area contributed by atoms with Crippen LogP contribution in [0.1, 0.15) is 20.8 Å². The highest BCUT2D eigenvalue weighted by molar-refractivity contribution is 7.62. The van der Waals surface area contributed by atoms with Crippen LogP contribution in [0.2, 0.25) is 0 Å². The van der Waals surface area contributed by atoms with Crippen LogP contribution in [0, 0.1) is 11.6 Å². The maximum Gasteiger partial charge on any atom is 0.135 e. The minimum absolute atomic E-state index is 0.0374. The smallest absolute Gasteiger partial charge is 0.135 e. The number of hydrogen-bond donors (Lipinski definition) is 0. The number of rotatable bonds is 3. The highest BCUT2D eigenvalue weighted by atomic mass is 31.1. The maximum atomic E-state index is 14.9. The largest absolute Gasteiger partial charge is 0.248 e. The number of halogens is 2. The van der Waals surface area contributed by atoms with Gasteiger partial charge in [-0.1, -0.05) is 93.6 Å². The molecule has 2 aromatic heterocycles. The van der Waals surface area contributed by atoms with Gasteiger partial charge in [0, 0.05) is 32.6 Å². The van der Waals surface area contributed by atoms with Gasteiger partial charge in [-0.3, -0.25) is 0 Å². The van der Waals surface area contributed by atoms with Crippen molar-refractivity contribution in [2.24, 2.45) is 0 Å². The fourth-order valence-corrected chi connectivity index (χ4v) is 8.39. The molecule has 6 rings (SSSR count). The predicted molar refractivity (Wildman–Crippen MR) is 153 cm³/mol. The van der Waals surface area contributed by atoms with Gasteiger partial charge in [-0.2, -0.15) is 0 Å². The van der Waals surface area contributed by atoms with E-state index in [9.17, 15) is 8.78 Å². The third-order valence-corrected chi connectivity index (χ3v) is 9.92. The molecule has 0 saturated heterocycles. The Morgan fingerprint density at radius 2 is 1.30 bits per heavy atom. The quantitative estimate of drug-likeness (QED) is 0.233. The molecule has 0 radical (unpaired) electrons. The van der Waals surface area contributed by atoms with E-state index in [0.717, 1.165) is 28.5 Å². The van der Waals surface area contributed by atoms with E-state index in [4.69, 9.17) is 4.98 Å². The molecule has 4 aromatic carbocycles. The molecule has 6 aromatic rings. The molecule has 37 heavy (non-hydrogen) atoms. The summed E-state index contributed by atoms with van der Waals surface area (Å²) < 4.78 is 28.7. The molecule has 0 aliphatic heterocycles. The monoisotopic (exact) mass is 505 g/mol. The average molecular weight is 506 g/mol. The summed E-state index contributed by atoms with van der Waals surface area (Å²) in [7, 11) is -0.664. The summed E-state index contributed by atoms with van der Waals surface area (Å²) in [5.41, 5.74) is 4.59. The van der Waals surface area contributed by atoms with Gasteiger partial charge in [-0.05, 0) is 46.2 Å². The summed E-state index contributed by atoms with van der Waals surface area (Å²) in [4.78, 5) is 4.99. The van der Waals surface area contributed by atoms with Crippen molar-refractivity contribution in [3.63, 3.8) is 0 Å². The van der Waals surface area contributed by atoms with Crippen LogP contribution in [-0.4, -0.2) is 4.98 Å². The second-order valence-corrected chi connectivity index (χ2v) is 13.3. The molecule has 0 amide bonds. The fraction of sp³-hybridized carbons (Fsp3) is 0.121. The third-order valence-electron chi connectivity index (χ3n) is 6.78. The Kier molecular flexibility index (Phi) is 5.70. The van der Waals surface area contributed by atoms with Crippen LogP contribution in [-0.2, 0) is 5.16 Å². The highest BCUT2D eigenvalue weighted by Gasteiger charge is 2.25. The normalized spacial score (nSPS) is 12.4. The lowest BCUT2D eigenvalue weighted by Gasteiger charge is -2.22. The van der Waals surface area contributed by atoms with Gasteiger partial charge in [0.25, 0.3) is 0 Å². The van der Waals surface area contributed by atoms with Gasteiger partial charge in [-0.15, -0.1) is 7.53 Å². The highest BCUT2D eigenvalue weighted by Crippen LogP contribution is 2.60. The molecule has 0 aliphatic rings. The van der Waals surface area contributed by atoms with Crippen molar-refractivity contribution in [3.8, 4) is 33.6 Å². The number of benzene rings is 4. The maximum absolute atomic E-state index is 14.9. The first-order valence-corrected chi connectivity index (χ1v) is 13.7. The van der Waals surface area contributed by atoms with Gasteiger partial charge in [0.1, 0.15) is 11.6 Å². The second-order valence-electron chi connectivity index (χ2n) is 10.3. The zero-order valence-corrected chi connectivity index (χ0v) is 21.9. The van der Waals surface area contributed by atoms with Crippen molar-refractivity contribution in [2.75, 3.05) is 0 Å². The zero-order chi connectivity index (χ0) is 25.7. The zero-order valence-electron chi connectivity index (χ0n) is 21.0. The summed E-state index contributed by atoms with van der Waals surface area (Å²) >= 11 is 0. The molecular formula is C33H26F2NP. The standard InChI is InChI=1S/C33H26F2NP/c1-33(2,3)37-31-15-8-7-12-24(31)25-13-9-14-27(32(25)37)30-19-22(21-10-5-4-6-11-21)18-29(36-30)26-17-16-23(34)20-28(26)35/h4-20H,1-3H3. The van der Waals surface area contributed by atoms with Crippen molar-refractivity contribution in [1.82, 2.24) is 4.98 Å². The number of fused-ring (bicyclic) bond motifs is 3. The Morgan fingerprint density at radius 3 is 2.03 bits per heavy atom. The Labute approximate surface area is 216 Å². The minimum Gasteiger partial charge on any atom is -0.248 e. The van der Waals surface area contributed by atoms with Crippen molar-refractivity contribution >= 4 is 28.5 Å². The van der Waals surface area contributed by atoms with Crippen LogP contribution in [0.25, 0.3) is 54.7 Å². The van der Waals surface area contributed by atoms with Crippen molar-refractivity contribution in [3.05, 3.63) is 115 Å². The average Bonchev–Trinajstić information content (AvgIpc) is 3.24. The Bertz CT molecular complexity index is 1780. The number of aromatic nitrogens is 1. The van der Waals surface area contributed by atoms with Crippen LogP contribution in [0.5, 0.6) is 0 Å². The van der Waals surface area contributed by atoms with E-state index in [-0.39, 0.29) is 10.7 Å². The van der Waals surface area contributed by atoms with E-state index >= 15 is 0 Å². The lowest BCUT2D eigenvalue weighted by atomic mass is 9.99. The van der Waals surface area contributed by atoms with Gasteiger partial charge >= 0.3 is 0 Å². The summed E-state index contributed by atoms with van der Waals surface area (Å²) in [6.45, 7) is 6.90. The molecule has 0 saturated carbocycles. The lowest BCUT2D eigenvalue weighted by Crippen LogP contribution is -2.00. The minimum atomic E-state index is -0.664. The molecule has 0 N–H and O–H groups in total. The van der Waals surface area contributed by atoms with Crippen LogP contribution in [0.3, 0.4) is 0 Å². The van der Waals surface area contributed by atoms with E-state index in [2.05, 4.69) is 69.3 Å². The summed E-state index contributed by atoms with van der Waals surface area (Å²) in [6, 6.07) is 32.8. The lowest BCUT2D eigenvalue weighted by molar-refractivity contribution is 0.585. The molecule has 0 aliphatic carbocycles. The van der Waals surface area contributed by atoms with Gasteiger partial charge < -0.3 is 0 Å². The van der Waals surface area contributed by atoms with E-state index in [1.54, 1.807) is 0 Å². The Hall–Kier alpha value is -3.81. The van der Waals surface area contributed by atoms with Gasteiger partial charge in [0.2, 0.25) is 0 Å². The predicted octanol–water partition coefficient (Wildman–Crippen LogP) is 10.4. The Morgan fingerprint density at radius 1 is 0.622 bits per heavy atom. The van der Waals surface area contributed by atoms with Crippen molar-refractivity contribution in [1.29, 1.82) is 0 Å². The van der Waals surface area contributed by atoms with E-state index in [0.29, 0.717) is 5.69 Å². The van der Waals surface area contributed by atoms with Crippen LogP contribution in [0.4, 0.5) is 8.78 Å². The first-order valence-electron chi connectivity index (χ1n) is 12.4. The van der Waals surface area contributed by atoms with Gasteiger partial charge in [0.15, 0.2) is 0 Å². The second kappa shape index (κ2) is 8.94. The number of pyridine rings is 1. The molecule has 4 heteroatoms. The third kappa shape index (κ3) is 4.14. The van der Waals surface area contributed by atoms with Gasteiger partial charge in [-0.25, -0.2) is 13.8 Å². The number of nitrogens with zero attached hydrogens (tertiary/aromatic N) is 1. The first-order chi connectivity index (χ1) is 17.8. The molecule has 1 atom stereocenters. The topological polar surface area (TPSA) is 12.9 Å². The number of hydrogen-bond acceptors (Lipinski definition) is 1. The molecule has 182 valence electrons. The van der Waals surface area contributed by atoms with Crippen LogP contribution >= 0.6 is 7.53 Å². The van der Waals surface area contributed by atoms with Crippen LogP contribution in [0.15, 0.2) is 103 Å². The Balaban J connectivity index is 1.70. The van der Waals surface area contributed by atoms with Gasteiger partial charge in [0.05, 0.1) is 11.4 Å². The summed E-state index contributed by atoms with van der Waals surface area (Å²) in [6.07, 6.45) is 0. The molecule has 0 fully saturated rings. The summed E-state index contributed by atoms with van der Waals surface area (Å²) in [5, 5.41) is 5.27. The molecule has 1 nitrogen and oxygen atoms in total. The van der Waals surface area contributed by atoms with E-state index in [1.165, 1.54) is 33.1 Å². The molecule has 0 bridgehead atoms. The first kappa shape index (κ1) is 23.6. The van der Waals surface area contributed by atoms with E-state index in [1.807, 2.05) is 36.4 Å². The molecule has 1 unspecified atom stereocenters. The van der Waals surface area contributed by atoms with Crippen molar-refractivity contribution in [2.45, 2.75) is 25.9 Å². The molecule has 0 spiro atoms. The SMILES string of the molecule is CC(C)(C)p1c2ccccc2c2cccc(-c3cc(-c4ccccc4)cc(-c4ccc(F)cc4F)n3)c21. The molecular weight excluding hydrogens is 479 g/mol. The fourth-order valence-electron chi connectivity index (χ4n) is 5.22.